The number of hydrogen-bond acceptors (Lipinski definition) is 4. The summed E-state index contributed by atoms with van der Waals surface area (Å²) < 4.78 is 0. The van der Waals surface area contributed by atoms with Crippen molar-refractivity contribution in [3.63, 3.8) is 0 Å². The average Bonchev–Trinajstić information content (AvgIpc) is 2.31. The summed E-state index contributed by atoms with van der Waals surface area (Å²) in [6.45, 7) is 0. The monoisotopic (exact) mass is 214 g/mol. The highest BCUT2D eigenvalue weighted by Crippen LogP contribution is 2.09. The van der Waals surface area contributed by atoms with Gasteiger partial charge in [-0.1, -0.05) is 0 Å². The van der Waals surface area contributed by atoms with Gasteiger partial charge in [-0.05, 0) is 17.7 Å². The minimum atomic E-state index is -0.472. The van der Waals surface area contributed by atoms with Crippen LogP contribution < -0.4 is 5.73 Å². The van der Waals surface area contributed by atoms with E-state index in [4.69, 9.17) is 5.73 Å². The molecule has 0 aliphatic carbocycles. The molecule has 0 radical (unpaired) electrons. The molecule has 2 aromatic rings. The molecule has 16 heavy (non-hydrogen) atoms. The third-order valence-corrected chi connectivity index (χ3v) is 2.14. The lowest BCUT2D eigenvalue weighted by Crippen LogP contribution is -2.14. The van der Waals surface area contributed by atoms with Crippen molar-refractivity contribution in [3.8, 4) is 0 Å². The van der Waals surface area contributed by atoms with E-state index >= 15 is 0 Å². The maximum Gasteiger partial charge on any atom is 0.250 e. The van der Waals surface area contributed by atoms with E-state index in [1.807, 2.05) is 0 Å². The van der Waals surface area contributed by atoms with Crippen LogP contribution in [0.5, 0.6) is 0 Å². The normalized spacial score (nSPS) is 10.0. The summed E-state index contributed by atoms with van der Waals surface area (Å²) in [7, 11) is 0. The molecule has 0 saturated heterocycles. The molecule has 0 aliphatic rings. The molecule has 2 heterocycles. The van der Waals surface area contributed by atoms with E-state index in [2.05, 4.69) is 15.0 Å². The first-order valence-corrected chi connectivity index (χ1v) is 4.75. The predicted octanol–water partition coefficient (Wildman–Crippen LogP) is 0.561. The lowest BCUT2D eigenvalue weighted by Gasteiger charge is -2.04. The van der Waals surface area contributed by atoms with E-state index in [0.717, 1.165) is 5.56 Å². The van der Waals surface area contributed by atoms with E-state index in [0.29, 0.717) is 17.7 Å². The number of amides is 1. The van der Waals surface area contributed by atoms with Gasteiger partial charge in [0.15, 0.2) is 0 Å². The first kappa shape index (κ1) is 10.2. The zero-order valence-electron chi connectivity index (χ0n) is 8.50. The zero-order valence-corrected chi connectivity index (χ0v) is 8.50. The van der Waals surface area contributed by atoms with E-state index in [-0.39, 0.29) is 0 Å². The van der Waals surface area contributed by atoms with Crippen LogP contribution in [-0.2, 0) is 6.42 Å². The van der Waals surface area contributed by atoms with Gasteiger partial charge in [0.2, 0.25) is 0 Å². The van der Waals surface area contributed by atoms with Gasteiger partial charge in [-0.3, -0.25) is 9.78 Å². The van der Waals surface area contributed by atoms with Crippen LogP contribution in [0.1, 0.15) is 21.6 Å². The summed E-state index contributed by atoms with van der Waals surface area (Å²) in [6.07, 6.45) is 6.96. The predicted molar refractivity (Wildman–Crippen MR) is 57.6 cm³/mol. The van der Waals surface area contributed by atoms with E-state index in [9.17, 15) is 4.79 Å². The minimum absolute atomic E-state index is 0.436. The molecule has 0 bridgehead atoms. The van der Waals surface area contributed by atoms with Crippen molar-refractivity contribution >= 4 is 5.91 Å². The van der Waals surface area contributed by atoms with Gasteiger partial charge in [0.1, 0.15) is 6.33 Å². The molecule has 2 N–H and O–H groups in total. The van der Waals surface area contributed by atoms with Crippen molar-refractivity contribution in [2.75, 3.05) is 0 Å². The fourth-order valence-electron chi connectivity index (χ4n) is 1.42. The van der Waals surface area contributed by atoms with E-state index in [1.165, 1.54) is 6.33 Å². The fourth-order valence-corrected chi connectivity index (χ4v) is 1.42. The summed E-state index contributed by atoms with van der Waals surface area (Å²) in [6, 6.07) is 3.35. The van der Waals surface area contributed by atoms with Gasteiger partial charge >= 0.3 is 0 Å². The zero-order chi connectivity index (χ0) is 11.4. The number of aromatic nitrogens is 3. The van der Waals surface area contributed by atoms with Gasteiger partial charge in [-0.15, -0.1) is 0 Å². The minimum Gasteiger partial charge on any atom is -0.366 e. The second kappa shape index (κ2) is 4.48. The molecule has 80 valence electrons. The average molecular weight is 214 g/mol. The summed E-state index contributed by atoms with van der Waals surface area (Å²) in [5, 5.41) is 0. The SMILES string of the molecule is NC(=O)c1cccnc1Cc1cncnc1. The van der Waals surface area contributed by atoms with Crippen LogP contribution in [0.25, 0.3) is 0 Å². The lowest BCUT2D eigenvalue weighted by molar-refractivity contribution is 0.0999. The molecular formula is C11H10N4O. The number of hydrogen-bond donors (Lipinski definition) is 1. The van der Waals surface area contributed by atoms with Crippen molar-refractivity contribution < 1.29 is 4.79 Å². The number of primary amides is 1. The standard InChI is InChI=1S/C11H10N4O/c12-11(16)9-2-1-3-15-10(9)4-8-5-13-7-14-6-8/h1-3,5-7H,4H2,(H2,12,16). The first-order chi connectivity index (χ1) is 7.77. The molecule has 2 rings (SSSR count). The van der Waals surface area contributed by atoms with Crippen molar-refractivity contribution in [3.05, 3.63) is 53.9 Å². The van der Waals surface area contributed by atoms with Crippen LogP contribution in [-0.4, -0.2) is 20.9 Å². The van der Waals surface area contributed by atoms with Crippen LogP contribution >= 0.6 is 0 Å². The number of pyridine rings is 1. The fraction of sp³-hybridized carbons (Fsp3) is 0.0909. The van der Waals surface area contributed by atoms with Gasteiger partial charge in [-0.2, -0.15) is 0 Å². The quantitative estimate of drug-likeness (QED) is 0.809. The molecule has 0 unspecified atom stereocenters. The molecule has 2 aromatic heterocycles. The molecular weight excluding hydrogens is 204 g/mol. The maximum atomic E-state index is 11.2. The van der Waals surface area contributed by atoms with Crippen molar-refractivity contribution in [2.45, 2.75) is 6.42 Å². The summed E-state index contributed by atoms with van der Waals surface area (Å²) in [5.41, 5.74) is 7.23. The Labute approximate surface area is 92.4 Å². The number of nitrogens with zero attached hydrogens (tertiary/aromatic N) is 3. The van der Waals surface area contributed by atoms with Gasteiger partial charge < -0.3 is 5.73 Å². The van der Waals surface area contributed by atoms with Crippen molar-refractivity contribution in [2.24, 2.45) is 5.73 Å². The molecule has 0 saturated carbocycles. The summed E-state index contributed by atoms with van der Waals surface area (Å²) >= 11 is 0. The highest BCUT2D eigenvalue weighted by molar-refractivity contribution is 5.93. The maximum absolute atomic E-state index is 11.2. The van der Waals surface area contributed by atoms with Gasteiger partial charge in [-0.25, -0.2) is 9.97 Å². The number of carbonyl (C=O) groups is 1. The summed E-state index contributed by atoms with van der Waals surface area (Å²) in [5.74, 6) is -0.472. The molecule has 0 spiro atoms. The molecule has 0 fully saturated rings. The van der Waals surface area contributed by atoms with Crippen LogP contribution in [0.4, 0.5) is 0 Å². The highest BCUT2D eigenvalue weighted by atomic mass is 16.1. The Morgan fingerprint density at radius 2 is 2.06 bits per heavy atom. The first-order valence-electron chi connectivity index (χ1n) is 4.75. The number of nitrogens with two attached hydrogens (primary N) is 1. The Morgan fingerprint density at radius 1 is 1.31 bits per heavy atom. The topological polar surface area (TPSA) is 81.8 Å². The van der Waals surface area contributed by atoms with Crippen LogP contribution in [0.15, 0.2) is 37.1 Å². The van der Waals surface area contributed by atoms with Crippen LogP contribution in [0.3, 0.4) is 0 Å². The van der Waals surface area contributed by atoms with Crippen molar-refractivity contribution in [1.82, 2.24) is 15.0 Å². The third-order valence-electron chi connectivity index (χ3n) is 2.14. The second-order valence-corrected chi connectivity index (χ2v) is 3.29. The molecule has 5 nitrogen and oxygen atoms in total. The van der Waals surface area contributed by atoms with Gasteiger partial charge in [0, 0.05) is 25.0 Å². The Hall–Kier alpha value is -2.30. The third kappa shape index (κ3) is 2.20. The van der Waals surface area contributed by atoms with Crippen LogP contribution in [0.2, 0.25) is 0 Å². The van der Waals surface area contributed by atoms with Gasteiger partial charge in [0.25, 0.3) is 5.91 Å². The largest absolute Gasteiger partial charge is 0.366 e. The Kier molecular flexibility index (Phi) is 2.86. The van der Waals surface area contributed by atoms with E-state index < -0.39 is 5.91 Å². The molecule has 0 atom stereocenters. The second-order valence-electron chi connectivity index (χ2n) is 3.29. The smallest absolute Gasteiger partial charge is 0.250 e. The Bertz CT molecular complexity index is 498. The van der Waals surface area contributed by atoms with E-state index in [1.54, 1.807) is 30.7 Å². The number of carbonyl (C=O) groups excluding carboxylic acids is 1. The molecule has 5 heteroatoms. The van der Waals surface area contributed by atoms with Crippen LogP contribution in [0, 0.1) is 0 Å². The van der Waals surface area contributed by atoms with Gasteiger partial charge in [0.05, 0.1) is 11.3 Å². The Balaban J connectivity index is 2.31. The Morgan fingerprint density at radius 3 is 2.75 bits per heavy atom. The molecule has 0 aliphatic heterocycles. The van der Waals surface area contributed by atoms with Crippen molar-refractivity contribution in [1.29, 1.82) is 0 Å². The number of rotatable bonds is 3. The highest BCUT2D eigenvalue weighted by Gasteiger charge is 2.09. The lowest BCUT2D eigenvalue weighted by atomic mass is 10.1. The summed E-state index contributed by atoms with van der Waals surface area (Å²) in [4.78, 5) is 23.1. The molecule has 0 aromatic carbocycles. The molecule has 1 amide bonds.